The summed E-state index contributed by atoms with van der Waals surface area (Å²) in [5.74, 6) is 0.139. The summed E-state index contributed by atoms with van der Waals surface area (Å²) in [6.07, 6.45) is 8.00. The highest BCUT2D eigenvalue weighted by molar-refractivity contribution is 7.79. The predicted octanol–water partition coefficient (Wildman–Crippen LogP) is 2.68. The summed E-state index contributed by atoms with van der Waals surface area (Å²) in [5, 5.41) is 2.90. The number of hydrogen-bond acceptors (Lipinski definition) is 3. The molecule has 2 heterocycles. The molecule has 0 amide bonds. The van der Waals surface area contributed by atoms with Crippen molar-refractivity contribution in [1.29, 1.82) is 0 Å². The fraction of sp³-hybridized carbons (Fsp3) is 0.154. The van der Waals surface area contributed by atoms with E-state index in [2.05, 4.69) is 15.3 Å². The molecule has 0 aliphatic heterocycles. The Morgan fingerprint density at radius 3 is 2.12 bits per heavy atom. The van der Waals surface area contributed by atoms with Gasteiger partial charge in [0.05, 0.1) is 0 Å². The summed E-state index contributed by atoms with van der Waals surface area (Å²) in [5.41, 5.74) is 2.37. The monoisotopic (exact) mass is 227 g/mol. The maximum Gasteiger partial charge on any atom is 0.0376 e. The van der Waals surface area contributed by atoms with Crippen LogP contribution in [0.15, 0.2) is 49.1 Å². The molecule has 0 aromatic carbocycles. The molecular weight excluding hydrogens is 216 g/mol. The van der Waals surface area contributed by atoms with Crippen molar-refractivity contribution in [1.82, 2.24) is 9.97 Å². The predicted molar refractivity (Wildman–Crippen MR) is 67.5 cm³/mol. The summed E-state index contributed by atoms with van der Waals surface area (Å²) >= 11 is 4.97. The van der Waals surface area contributed by atoms with Gasteiger partial charge in [0.2, 0.25) is 0 Å². The second-order valence-electron chi connectivity index (χ2n) is 3.51. The van der Waals surface area contributed by atoms with Crippen LogP contribution in [-0.2, 0) is 6.42 Å². The van der Waals surface area contributed by atoms with Crippen LogP contribution in [0, 0.1) is 0 Å². The number of thiocarbonyl (C=S) groups is 1. The van der Waals surface area contributed by atoms with Crippen LogP contribution < -0.4 is 0 Å². The van der Waals surface area contributed by atoms with Crippen molar-refractivity contribution in [3.63, 3.8) is 0 Å². The van der Waals surface area contributed by atoms with Crippen LogP contribution in [0.5, 0.6) is 0 Å². The van der Waals surface area contributed by atoms with Gasteiger partial charge in [0.15, 0.2) is 0 Å². The van der Waals surface area contributed by atoms with E-state index in [0.717, 1.165) is 12.0 Å². The SMILES string of the molecule is S=[C]C(Cc1ccncc1)c1ccncc1. The maximum absolute atomic E-state index is 4.97. The van der Waals surface area contributed by atoms with Crippen LogP contribution in [0.3, 0.4) is 0 Å². The number of rotatable bonds is 4. The van der Waals surface area contributed by atoms with Crippen molar-refractivity contribution in [2.24, 2.45) is 0 Å². The van der Waals surface area contributed by atoms with Crippen LogP contribution in [-0.4, -0.2) is 15.3 Å². The van der Waals surface area contributed by atoms with Crippen molar-refractivity contribution in [3.05, 3.63) is 60.2 Å². The Labute approximate surface area is 100 Å². The van der Waals surface area contributed by atoms with Gasteiger partial charge in [-0.15, -0.1) is 0 Å². The zero-order valence-electron chi connectivity index (χ0n) is 8.71. The van der Waals surface area contributed by atoms with Crippen LogP contribution in [0.25, 0.3) is 0 Å². The quantitative estimate of drug-likeness (QED) is 0.751. The first-order valence-corrected chi connectivity index (χ1v) is 5.47. The Bertz CT molecular complexity index is 442. The van der Waals surface area contributed by atoms with Crippen molar-refractivity contribution >= 4 is 17.6 Å². The van der Waals surface area contributed by atoms with Gasteiger partial charge in [-0.1, -0.05) is 12.2 Å². The molecule has 1 radical (unpaired) electrons. The fourth-order valence-corrected chi connectivity index (χ4v) is 1.80. The minimum absolute atomic E-state index is 0.139. The molecule has 0 spiro atoms. The first-order chi connectivity index (χ1) is 7.90. The Morgan fingerprint density at radius 2 is 1.56 bits per heavy atom. The largest absolute Gasteiger partial charge is 0.265 e. The lowest BCUT2D eigenvalue weighted by atomic mass is 9.95. The van der Waals surface area contributed by atoms with E-state index in [-0.39, 0.29) is 5.92 Å². The molecule has 2 rings (SSSR count). The Balaban J connectivity index is 2.16. The van der Waals surface area contributed by atoms with Crippen molar-refractivity contribution in [2.75, 3.05) is 0 Å². The average Bonchev–Trinajstić information content (AvgIpc) is 2.38. The van der Waals surface area contributed by atoms with Gasteiger partial charge in [-0.2, -0.15) is 0 Å². The minimum atomic E-state index is 0.139. The van der Waals surface area contributed by atoms with E-state index in [1.807, 2.05) is 24.3 Å². The molecule has 2 nitrogen and oxygen atoms in total. The number of hydrogen-bond donors (Lipinski definition) is 0. The van der Waals surface area contributed by atoms with Gasteiger partial charge in [-0.3, -0.25) is 9.97 Å². The second-order valence-corrected chi connectivity index (χ2v) is 3.75. The summed E-state index contributed by atoms with van der Waals surface area (Å²) in [6, 6.07) is 7.96. The highest BCUT2D eigenvalue weighted by atomic mass is 32.1. The maximum atomic E-state index is 4.97. The van der Waals surface area contributed by atoms with E-state index in [4.69, 9.17) is 12.2 Å². The molecule has 2 aromatic heterocycles. The Morgan fingerprint density at radius 1 is 1.00 bits per heavy atom. The first-order valence-electron chi connectivity index (χ1n) is 5.06. The third-order valence-corrected chi connectivity index (χ3v) is 2.72. The van der Waals surface area contributed by atoms with E-state index in [9.17, 15) is 0 Å². The summed E-state index contributed by atoms with van der Waals surface area (Å²) < 4.78 is 0. The van der Waals surface area contributed by atoms with E-state index < -0.39 is 0 Å². The molecule has 0 N–H and O–H groups in total. The Kier molecular flexibility index (Phi) is 3.72. The van der Waals surface area contributed by atoms with Gasteiger partial charge in [0.25, 0.3) is 0 Å². The minimum Gasteiger partial charge on any atom is -0.265 e. The summed E-state index contributed by atoms with van der Waals surface area (Å²) in [6.45, 7) is 0. The molecule has 16 heavy (non-hydrogen) atoms. The number of pyridine rings is 2. The molecule has 0 aliphatic carbocycles. The van der Waals surface area contributed by atoms with Gasteiger partial charge >= 0.3 is 0 Å². The highest BCUT2D eigenvalue weighted by Gasteiger charge is 2.09. The molecule has 0 saturated heterocycles. The third kappa shape index (κ3) is 2.70. The fourth-order valence-electron chi connectivity index (χ4n) is 1.58. The molecule has 0 bridgehead atoms. The highest BCUT2D eigenvalue weighted by Crippen LogP contribution is 2.18. The molecule has 3 heteroatoms. The average molecular weight is 227 g/mol. The smallest absolute Gasteiger partial charge is 0.0376 e. The number of nitrogens with zero attached hydrogens (tertiary/aromatic N) is 2. The van der Waals surface area contributed by atoms with Crippen LogP contribution in [0.2, 0.25) is 0 Å². The lowest BCUT2D eigenvalue weighted by molar-refractivity contribution is 0.895. The molecule has 0 fully saturated rings. The zero-order chi connectivity index (χ0) is 11.2. The van der Waals surface area contributed by atoms with Crippen LogP contribution >= 0.6 is 12.2 Å². The van der Waals surface area contributed by atoms with Crippen molar-refractivity contribution < 1.29 is 0 Å². The van der Waals surface area contributed by atoms with Gasteiger partial charge in [0, 0.05) is 36.1 Å². The summed E-state index contributed by atoms with van der Waals surface area (Å²) in [7, 11) is 0. The van der Waals surface area contributed by atoms with Gasteiger partial charge in [0.1, 0.15) is 0 Å². The Hall–Kier alpha value is -1.61. The van der Waals surface area contributed by atoms with E-state index in [1.165, 1.54) is 5.56 Å². The second kappa shape index (κ2) is 5.47. The molecular formula is C13H11N2S. The van der Waals surface area contributed by atoms with Gasteiger partial charge < -0.3 is 0 Å². The van der Waals surface area contributed by atoms with Crippen LogP contribution in [0.4, 0.5) is 0 Å². The molecule has 0 saturated carbocycles. The molecule has 2 aromatic rings. The third-order valence-electron chi connectivity index (χ3n) is 2.44. The van der Waals surface area contributed by atoms with Gasteiger partial charge in [-0.05, 0) is 41.8 Å². The first kappa shape index (κ1) is 10.9. The lowest BCUT2D eigenvalue weighted by Gasteiger charge is -2.10. The zero-order valence-corrected chi connectivity index (χ0v) is 9.52. The van der Waals surface area contributed by atoms with Gasteiger partial charge in [-0.25, -0.2) is 0 Å². The van der Waals surface area contributed by atoms with E-state index in [0.29, 0.717) is 0 Å². The van der Waals surface area contributed by atoms with Crippen molar-refractivity contribution in [3.8, 4) is 0 Å². The van der Waals surface area contributed by atoms with E-state index >= 15 is 0 Å². The molecule has 79 valence electrons. The normalized spacial score (nSPS) is 12.0. The molecule has 0 aliphatic rings. The van der Waals surface area contributed by atoms with Crippen LogP contribution in [0.1, 0.15) is 17.0 Å². The number of aromatic nitrogens is 2. The summed E-state index contributed by atoms with van der Waals surface area (Å²) in [4.78, 5) is 7.99. The molecule has 1 unspecified atom stereocenters. The van der Waals surface area contributed by atoms with Crippen molar-refractivity contribution in [2.45, 2.75) is 12.3 Å². The molecule has 1 atom stereocenters. The standard InChI is InChI=1S/C13H11N2S/c16-10-13(12-3-7-15-8-4-12)9-11-1-5-14-6-2-11/h1-8,13H,9H2. The van der Waals surface area contributed by atoms with E-state index in [1.54, 1.807) is 24.8 Å². The topological polar surface area (TPSA) is 25.8 Å². The lowest BCUT2D eigenvalue weighted by Crippen LogP contribution is -2.03.